The molecule has 7 heteroatoms. The van der Waals surface area contributed by atoms with E-state index in [1.807, 2.05) is 0 Å². The van der Waals surface area contributed by atoms with Crippen molar-refractivity contribution >= 4 is 27.5 Å². The van der Waals surface area contributed by atoms with Crippen molar-refractivity contribution in [2.45, 2.75) is 6.42 Å². The number of nitro benzene ring substituents is 1. The van der Waals surface area contributed by atoms with Crippen LogP contribution in [-0.2, 0) is 0 Å². The second-order valence-electron chi connectivity index (χ2n) is 3.44. The summed E-state index contributed by atoms with van der Waals surface area (Å²) in [5.74, 6) is -0.196. The SMILES string of the molecule is COc1ccc(C(=O)NCCCBr)cc1[N+](=O)[O-]. The van der Waals surface area contributed by atoms with Crippen molar-refractivity contribution in [3.8, 4) is 5.75 Å². The summed E-state index contributed by atoms with van der Waals surface area (Å²) in [5, 5.41) is 14.3. The number of rotatable bonds is 6. The second-order valence-corrected chi connectivity index (χ2v) is 4.24. The van der Waals surface area contributed by atoms with Crippen molar-refractivity contribution in [2.24, 2.45) is 0 Å². The highest BCUT2D eigenvalue weighted by Crippen LogP contribution is 2.27. The Labute approximate surface area is 113 Å². The number of halogens is 1. The van der Waals surface area contributed by atoms with Crippen LogP contribution in [-0.4, -0.2) is 29.8 Å². The Morgan fingerprint density at radius 3 is 2.83 bits per heavy atom. The molecule has 0 spiro atoms. The van der Waals surface area contributed by atoms with Gasteiger partial charge in [0.05, 0.1) is 12.0 Å². The number of alkyl halides is 1. The van der Waals surface area contributed by atoms with Gasteiger partial charge in [-0.3, -0.25) is 14.9 Å². The van der Waals surface area contributed by atoms with E-state index in [2.05, 4.69) is 21.2 Å². The van der Waals surface area contributed by atoms with Crippen LogP contribution in [0.5, 0.6) is 5.75 Å². The fraction of sp³-hybridized carbons (Fsp3) is 0.364. The minimum absolute atomic E-state index is 0.136. The number of hydrogen-bond acceptors (Lipinski definition) is 4. The van der Waals surface area contributed by atoms with Crippen LogP contribution in [0, 0.1) is 10.1 Å². The number of ether oxygens (including phenoxy) is 1. The Kier molecular flexibility index (Phi) is 5.57. The van der Waals surface area contributed by atoms with Crippen LogP contribution in [0.2, 0.25) is 0 Å². The first-order valence-corrected chi connectivity index (χ1v) is 6.39. The zero-order chi connectivity index (χ0) is 13.5. The summed E-state index contributed by atoms with van der Waals surface area (Å²) in [4.78, 5) is 21.9. The summed E-state index contributed by atoms with van der Waals surface area (Å²) in [6.07, 6.45) is 0.796. The molecule has 1 rings (SSSR count). The number of amides is 1. The molecule has 0 heterocycles. The van der Waals surface area contributed by atoms with Gasteiger partial charge in [-0.05, 0) is 18.6 Å². The highest BCUT2D eigenvalue weighted by Gasteiger charge is 2.17. The average Bonchev–Trinajstić information content (AvgIpc) is 2.38. The Morgan fingerprint density at radius 1 is 1.56 bits per heavy atom. The molecule has 0 aliphatic carbocycles. The first kappa shape index (κ1) is 14.4. The first-order chi connectivity index (χ1) is 8.60. The Balaban J connectivity index is 2.87. The van der Waals surface area contributed by atoms with Crippen molar-refractivity contribution in [2.75, 3.05) is 19.0 Å². The molecular formula is C11H13BrN2O4. The molecule has 6 nitrogen and oxygen atoms in total. The molecule has 0 bridgehead atoms. The van der Waals surface area contributed by atoms with E-state index >= 15 is 0 Å². The van der Waals surface area contributed by atoms with E-state index in [-0.39, 0.29) is 22.9 Å². The van der Waals surface area contributed by atoms with E-state index in [0.717, 1.165) is 11.8 Å². The van der Waals surface area contributed by atoms with Crippen molar-refractivity contribution < 1.29 is 14.5 Å². The fourth-order valence-corrected chi connectivity index (χ4v) is 1.63. The minimum Gasteiger partial charge on any atom is -0.490 e. The molecule has 1 N–H and O–H groups in total. The summed E-state index contributed by atoms with van der Waals surface area (Å²) in [6, 6.07) is 4.12. The molecule has 0 saturated heterocycles. The standard InChI is InChI=1S/C11H13BrN2O4/c1-18-10-4-3-8(7-9(10)14(16)17)11(15)13-6-2-5-12/h3-4,7H,2,5-6H2,1H3,(H,13,15). The smallest absolute Gasteiger partial charge is 0.311 e. The van der Waals surface area contributed by atoms with Gasteiger partial charge in [0.25, 0.3) is 5.91 Å². The molecule has 98 valence electrons. The van der Waals surface area contributed by atoms with Crippen molar-refractivity contribution in [3.05, 3.63) is 33.9 Å². The van der Waals surface area contributed by atoms with Crippen molar-refractivity contribution in [1.82, 2.24) is 5.32 Å². The van der Waals surface area contributed by atoms with Gasteiger partial charge in [-0.25, -0.2) is 0 Å². The topological polar surface area (TPSA) is 81.5 Å². The number of carbonyl (C=O) groups excluding carboxylic acids is 1. The molecule has 0 atom stereocenters. The lowest BCUT2D eigenvalue weighted by molar-refractivity contribution is -0.385. The van der Waals surface area contributed by atoms with Crippen LogP contribution in [0.1, 0.15) is 16.8 Å². The number of hydrogen-bond donors (Lipinski definition) is 1. The normalized spacial score (nSPS) is 9.89. The van der Waals surface area contributed by atoms with Gasteiger partial charge < -0.3 is 10.1 Å². The zero-order valence-corrected chi connectivity index (χ0v) is 11.4. The van der Waals surface area contributed by atoms with Gasteiger partial charge in [-0.15, -0.1) is 0 Å². The lowest BCUT2D eigenvalue weighted by Crippen LogP contribution is -2.24. The van der Waals surface area contributed by atoms with Gasteiger partial charge in [0.2, 0.25) is 0 Å². The predicted molar refractivity (Wildman–Crippen MR) is 70.4 cm³/mol. The third-order valence-electron chi connectivity index (χ3n) is 2.23. The van der Waals surface area contributed by atoms with Gasteiger partial charge in [-0.2, -0.15) is 0 Å². The van der Waals surface area contributed by atoms with Crippen LogP contribution in [0.25, 0.3) is 0 Å². The van der Waals surface area contributed by atoms with Gasteiger partial charge in [0.1, 0.15) is 0 Å². The average molecular weight is 317 g/mol. The number of nitrogens with zero attached hydrogens (tertiary/aromatic N) is 1. The molecular weight excluding hydrogens is 304 g/mol. The molecule has 1 amide bonds. The van der Waals surface area contributed by atoms with Gasteiger partial charge in [0, 0.05) is 23.5 Å². The quantitative estimate of drug-likeness (QED) is 0.377. The highest BCUT2D eigenvalue weighted by atomic mass is 79.9. The third-order valence-corrected chi connectivity index (χ3v) is 2.79. The first-order valence-electron chi connectivity index (χ1n) is 5.26. The lowest BCUT2D eigenvalue weighted by Gasteiger charge is -2.06. The summed E-state index contributed by atoms with van der Waals surface area (Å²) < 4.78 is 4.86. The van der Waals surface area contributed by atoms with E-state index in [0.29, 0.717) is 6.54 Å². The maximum atomic E-state index is 11.7. The minimum atomic E-state index is -0.575. The number of nitro groups is 1. The monoisotopic (exact) mass is 316 g/mol. The molecule has 0 radical (unpaired) electrons. The maximum Gasteiger partial charge on any atom is 0.311 e. The van der Waals surface area contributed by atoms with Crippen LogP contribution in [0.15, 0.2) is 18.2 Å². The number of methoxy groups -OCH3 is 1. The Morgan fingerprint density at radius 2 is 2.28 bits per heavy atom. The molecule has 0 unspecified atom stereocenters. The molecule has 0 aromatic heterocycles. The molecule has 0 aliphatic rings. The van der Waals surface area contributed by atoms with E-state index in [4.69, 9.17) is 4.74 Å². The summed E-state index contributed by atoms with van der Waals surface area (Å²) >= 11 is 3.25. The molecule has 0 saturated carbocycles. The molecule has 0 aliphatic heterocycles. The van der Waals surface area contributed by atoms with Crippen LogP contribution in [0.3, 0.4) is 0 Å². The molecule has 18 heavy (non-hydrogen) atoms. The number of benzene rings is 1. The molecule has 0 fully saturated rings. The fourth-order valence-electron chi connectivity index (χ4n) is 1.34. The van der Waals surface area contributed by atoms with E-state index in [1.165, 1.54) is 25.3 Å². The van der Waals surface area contributed by atoms with Crippen LogP contribution >= 0.6 is 15.9 Å². The summed E-state index contributed by atoms with van der Waals surface area (Å²) in [5.41, 5.74) is 0.0303. The van der Waals surface area contributed by atoms with Crippen molar-refractivity contribution in [1.29, 1.82) is 0 Å². The third kappa shape index (κ3) is 3.69. The van der Waals surface area contributed by atoms with E-state index < -0.39 is 4.92 Å². The second kappa shape index (κ2) is 6.95. The number of nitrogens with one attached hydrogen (secondary N) is 1. The maximum absolute atomic E-state index is 11.7. The summed E-state index contributed by atoms with van der Waals surface area (Å²) in [7, 11) is 1.35. The van der Waals surface area contributed by atoms with Gasteiger partial charge in [-0.1, -0.05) is 15.9 Å². The van der Waals surface area contributed by atoms with Crippen LogP contribution < -0.4 is 10.1 Å². The van der Waals surface area contributed by atoms with E-state index in [1.54, 1.807) is 0 Å². The Hall–Kier alpha value is -1.63. The van der Waals surface area contributed by atoms with Gasteiger partial charge >= 0.3 is 5.69 Å². The van der Waals surface area contributed by atoms with Gasteiger partial charge in [0.15, 0.2) is 5.75 Å². The van der Waals surface area contributed by atoms with Crippen LogP contribution in [0.4, 0.5) is 5.69 Å². The largest absolute Gasteiger partial charge is 0.490 e. The number of carbonyl (C=O) groups is 1. The zero-order valence-electron chi connectivity index (χ0n) is 9.81. The predicted octanol–water partition coefficient (Wildman–Crippen LogP) is 2.12. The summed E-state index contributed by atoms with van der Waals surface area (Å²) in [6.45, 7) is 0.518. The Bertz CT molecular complexity index is 451. The molecule has 1 aromatic rings. The lowest BCUT2D eigenvalue weighted by atomic mass is 10.1. The highest BCUT2D eigenvalue weighted by molar-refractivity contribution is 9.09. The molecule has 1 aromatic carbocycles. The van der Waals surface area contributed by atoms with Crippen molar-refractivity contribution in [3.63, 3.8) is 0 Å². The van der Waals surface area contributed by atoms with E-state index in [9.17, 15) is 14.9 Å².